The van der Waals surface area contributed by atoms with E-state index in [2.05, 4.69) is 4.72 Å². The second kappa shape index (κ2) is 7.48. The summed E-state index contributed by atoms with van der Waals surface area (Å²) in [5.41, 5.74) is 0.832. The maximum atomic E-state index is 12.5. The standard InChI is InChI=1S/C17H21NO4S/c1-4-22-15-8-10-17(11-9-15)23(19,20)18-13(2)14-6-5-7-16(12-14)21-3/h5-13,18H,4H2,1-3H3. The molecule has 0 heterocycles. The van der Waals surface area contributed by atoms with Gasteiger partial charge in [-0.2, -0.15) is 0 Å². The zero-order valence-corrected chi connectivity index (χ0v) is 14.3. The molecule has 0 bridgehead atoms. The highest BCUT2D eigenvalue weighted by Gasteiger charge is 2.18. The van der Waals surface area contributed by atoms with Gasteiger partial charge in [0.1, 0.15) is 11.5 Å². The Bertz CT molecular complexity index is 741. The minimum atomic E-state index is -3.61. The van der Waals surface area contributed by atoms with Gasteiger partial charge in [-0.15, -0.1) is 0 Å². The van der Waals surface area contributed by atoms with Gasteiger partial charge in [0, 0.05) is 6.04 Å². The van der Waals surface area contributed by atoms with E-state index in [1.165, 1.54) is 12.1 Å². The summed E-state index contributed by atoms with van der Waals surface area (Å²) in [6, 6.07) is 13.3. The highest BCUT2D eigenvalue weighted by molar-refractivity contribution is 7.89. The van der Waals surface area contributed by atoms with Crippen LogP contribution in [0.3, 0.4) is 0 Å². The molecule has 124 valence electrons. The number of nitrogens with one attached hydrogen (secondary N) is 1. The van der Waals surface area contributed by atoms with Crippen LogP contribution in [0.5, 0.6) is 11.5 Å². The van der Waals surface area contributed by atoms with Crippen molar-refractivity contribution in [2.75, 3.05) is 13.7 Å². The van der Waals surface area contributed by atoms with Crippen LogP contribution in [-0.2, 0) is 10.0 Å². The smallest absolute Gasteiger partial charge is 0.241 e. The van der Waals surface area contributed by atoms with E-state index in [0.29, 0.717) is 18.1 Å². The van der Waals surface area contributed by atoms with Crippen molar-refractivity contribution >= 4 is 10.0 Å². The first-order valence-electron chi connectivity index (χ1n) is 7.35. The number of methoxy groups -OCH3 is 1. The average molecular weight is 335 g/mol. The van der Waals surface area contributed by atoms with E-state index < -0.39 is 10.0 Å². The molecule has 0 amide bonds. The van der Waals surface area contributed by atoms with Gasteiger partial charge < -0.3 is 9.47 Å². The molecule has 0 saturated carbocycles. The zero-order chi connectivity index (χ0) is 16.9. The Morgan fingerprint density at radius 3 is 2.39 bits per heavy atom. The summed E-state index contributed by atoms with van der Waals surface area (Å²) < 4.78 is 38.1. The average Bonchev–Trinajstić information content (AvgIpc) is 2.55. The lowest BCUT2D eigenvalue weighted by molar-refractivity contribution is 0.340. The highest BCUT2D eigenvalue weighted by atomic mass is 32.2. The van der Waals surface area contributed by atoms with Crippen molar-refractivity contribution in [2.45, 2.75) is 24.8 Å². The molecule has 0 radical (unpaired) electrons. The summed E-state index contributed by atoms with van der Waals surface area (Å²) in [6.45, 7) is 4.21. The Balaban J connectivity index is 2.16. The second-order valence-electron chi connectivity index (χ2n) is 5.02. The Kier molecular flexibility index (Phi) is 5.63. The number of sulfonamides is 1. The van der Waals surface area contributed by atoms with Gasteiger partial charge in [0.25, 0.3) is 0 Å². The molecule has 2 aromatic rings. The molecular formula is C17H21NO4S. The largest absolute Gasteiger partial charge is 0.497 e. The molecule has 2 rings (SSSR count). The quantitative estimate of drug-likeness (QED) is 0.844. The number of hydrogen-bond donors (Lipinski definition) is 1. The van der Waals surface area contributed by atoms with Gasteiger partial charge in [0.15, 0.2) is 0 Å². The van der Waals surface area contributed by atoms with Gasteiger partial charge in [-0.25, -0.2) is 13.1 Å². The fourth-order valence-corrected chi connectivity index (χ4v) is 3.39. The van der Waals surface area contributed by atoms with Gasteiger partial charge in [0.05, 0.1) is 18.6 Å². The van der Waals surface area contributed by atoms with Crippen molar-refractivity contribution in [3.8, 4) is 11.5 Å². The van der Waals surface area contributed by atoms with Crippen molar-refractivity contribution in [1.29, 1.82) is 0 Å². The van der Waals surface area contributed by atoms with Crippen LogP contribution in [0.4, 0.5) is 0 Å². The first-order chi connectivity index (χ1) is 11.0. The lowest BCUT2D eigenvalue weighted by Gasteiger charge is -2.15. The molecule has 0 spiro atoms. The topological polar surface area (TPSA) is 64.6 Å². The lowest BCUT2D eigenvalue weighted by Crippen LogP contribution is -2.26. The molecule has 2 aromatic carbocycles. The summed E-state index contributed by atoms with van der Waals surface area (Å²) in [6.07, 6.45) is 0. The third-order valence-corrected chi connectivity index (χ3v) is 4.93. The Labute approximate surface area is 137 Å². The van der Waals surface area contributed by atoms with E-state index in [1.807, 2.05) is 31.2 Å². The number of benzene rings is 2. The van der Waals surface area contributed by atoms with Crippen molar-refractivity contribution < 1.29 is 17.9 Å². The molecular weight excluding hydrogens is 314 g/mol. The maximum Gasteiger partial charge on any atom is 0.241 e. The summed E-state index contributed by atoms with van der Waals surface area (Å²) in [4.78, 5) is 0.204. The van der Waals surface area contributed by atoms with Gasteiger partial charge in [-0.05, 0) is 55.8 Å². The van der Waals surface area contributed by atoms with E-state index in [0.717, 1.165) is 5.56 Å². The summed E-state index contributed by atoms with van der Waals surface area (Å²) in [5.74, 6) is 1.34. The van der Waals surface area contributed by atoms with Gasteiger partial charge in [0.2, 0.25) is 10.0 Å². The number of rotatable bonds is 7. The maximum absolute atomic E-state index is 12.5. The third-order valence-electron chi connectivity index (χ3n) is 3.37. The van der Waals surface area contributed by atoms with Gasteiger partial charge in [-0.3, -0.25) is 0 Å². The summed E-state index contributed by atoms with van der Waals surface area (Å²) in [5, 5.41) is 0. The van der Waals surface area contributed by atoms with Crippen LogP contribution >= 0.6 is 0 Å². The fraction of sp³-hybridized carbons (Fsp3) is 0.294. The summed E-state index contributed by atoms with van der Waals surface area (Å²) in [7, 11) is -2.03. The van der Waals surface area contributed by atoms with Crippen molar-refractivity contribution in [2.24, 2.45) is 0 Å². The van der Waals surface area contributed by atoms with Crippen LogP contribution in [0.25, 0.3) is 0 Å². The van der Waals surface area contributed by atoms with Crippen LogP contribution in [0, 0.1) is 0 Å². The molecule has 1 N–H and O–H groups in total. The molecule has 0 aliphatic rings. The van der Waals surface area contributed by atoms with E-state index in [1.54, 1.807) is 26.2 Å². The van der Waals surface area contributed by atoms with E-state index in [4.69, 9.17) is 9.47 Å². The molecule has 0 saturated heterocycles. The van der Waals surface area contributed by atoms with Crippen LogP contribution in [0.15, 0.2) is 53.4 Å². The second-order valence-corrected chi connectivity index (χ2v) is 6.74. The third kappa shape index (κ3) is 4.46. The van der Waals surface area contributed by atoms with Gasteiger partial charge in [-0.1, -0.05) is 12.1 Å². The zero-order valence-electron chi connectivity index (χ0n) is 13.4. The molecule has 0 aromatic heterocycles. The first-order valence-corrected chi connectivity index (χ1v) is 8.83. The number of hydrogen-bond acceptors (Lipinski definition) is 4. The van der Waals surface area contributed by atoms with E-state index in [9.17, 15) is 8.42 Å². The predicted octanol–water partition coefficient (Wildman–Crippen LogP) is 3.13. The molecule has 23 heavy (non-hydrogen) atoms. The van der Waals surface area contributed by atoms with E-state index >= 15 is 0 Å². The molecule has 0 aliphatic carbocycles. The normalized spacial score (nSPS) is 12.7. The van der Waals surface area contributed by atoms with Crippen LogP contribution in [0.1, 0.15) is 25.5 Å². The molecule has 1 atom stereocenters. The predicted molar refractivity (Wildman–Crippen MR) is 89.3 cm³/mol. The monoisotopic (exact) mass is 335 g/mol. The van der Waals surface area contributed by atoms with Crippen LogP contribution < -0.4 is 14.2 Å². The van der Waals surface area contributed by atoms with E-state index in [-0.39, 0.29) is 10.9 Å². The SMILES string of the molecule is CCOc1ccc(S(=O)(=O)NC(C)c2cccc(OC)c2)cc1. The summed E-state index contributed by atoms with van der Waals surface area (Å²) >= 11 is 0. The Morgan fingerprint density at radius 1 is 1.09 bits per heavy atom. The molecule has 6 heteroatoms. The molecule has 0 fully saturated rings. The minimum Gasteiger partial charge on any atom is -0.497 e. The Hall–Kier alpha value is -2.05. The number of ether oxygens (including phenoxy) is 2. The van der Waals surface area contributed by atoms with Crippen LogP contribution in [-0.4, -0.2) is 22.1 Å². The molecule has 5 nitrogen and oxygen atoms in total. The van der Waals surface area contributed by atoms with Crippen molar-refractivity contribution in [3.05, 3.63) is 54.1 Å². The lowest BCUT2D eigenvalue weighted by atomic mass is 10.1. The molecule has 1 unspecified atom stereocenters. The van der Waals surface area contributed by atoms with Gasteiger partial charge >= 0.3 is 0 Å². The Morgan fingerprint density at radius 2 is 1.78 bits per heavy atom. The first kappa shape index (κ1) is 17.3. The molecule has 0 aliphatic heterocycles. The minimum absolute atomic E-state index is 0.204. The highest BCUT2D eigenvalue weighted by Crippen LogP contribution is 2.22. The van der Waals surface area contributed by atoms with Crippen molar-refractivity contribution in [3.63, 3.8) is 0 Å². The van der Waals surface area contributed by atoms with Crippen molar-refractivity contribution in [1.82, 2.24) is 4.72 Å². The fourth-order valence-electron chi connectivity index (χ4n) is 2.16. The van der Waals surface area contributed by atoms with Crippen LogP contribution in [0.2, 0.25) is 0 Å².